The number of carbonyl (C=O) groups is 3. The highest BCUT2D eigenvalue weighted by atomic mass is 16.6. The van der Waals surface area contributed by atoms with Crippen LogP contribution in [0.15, 0.2) is 77.9 Å². The standard InChI is InChI=1S/C27H20N4O5/c1-15-13-18(31(35)36)11-12-20(15)29-26(33)21-22(27(29)34)24(25(32)16-7-3-2-4-8-16)30-23(21)19-10-6-5-9-17(19)14-28-30/h2-14,21-24H,1H3/t21-,22-,23-,24+/m1/s1. The van der Waals surface area contributed by atoms with Crippen LogP contribution in [-0.2, 0) is 9.59 Å². The van der Waals surface area contributed by atoms with Crippen molar-refractivity contribution in [3.05, 3.63) is 105 Å². The van der Waals surface area contributed by atoms with Gasteiger partial charge in [0, 0.05) is 17.7 Å². The van der Waals surface area contributed by atoms with Crippen LogP contribution in [0.4, 0.5) is 11.4 Å². The third kappa shape index (κ3) is 3.02. The number of hydrogen-bond donors (Lipinski definition) is 0. The van der Waals surface area contributed by atoms with Crippen molar-refractivity contribution in [1.82, 2.24) is 5.01 Å². The molecule has 0 saturated carbocycles. The number of aryl methyl sites for hydroxylation is 1. The summed E-state index contributed by atoms with van der Waals surface area (Å²) < 4.78 is 0. The van der Waals surface area contributed by atoms with Gasteiger partial charge in [-0.25, -0.2) is 4.90 Å². The predicted octanol–water partition coefficient (Wildman–Crippen LogP) is 3.66. The fourth-order valence-electron chi connectivity index (χ4n) is 5.68. The Hall–Kier alpha value is -4.66. The molecule has 3 heterocycles. The van der Waals surface area contributed by atoms with Crippen LogP contribution < -0.4 is 4.90 Å². The van der Waals surface area contributed by atoms with Gasteiger partial charge in [-0.1, -0.05) is 54.6 Å². The molecule has 0 radical (unpaired) electrons. The molecule has 3 aromatic carbocycles. The number of non-ortho nitro benzene ring substituents is 1. The van der Waals surface area contributed by atoms with Crippen LogP contribution in [-0.4, -0.2) is 39.8 Å². The second-order valence-corrected chi connectivity index (χ2v) is 9.16. The van der Waals surface area contributed by atoms with Crippen LogP contribution in [0.3, 0.4) is 0 Å². The number of imide groups is 1. The number of benzene rings is 3. The molecule has 178 valence electrons. The largest absolute Gasteiger partial charge is 0.292 e. The van der Waals surface area contributed by atoms with Crippen molar-refractivity contribution in [2.75, 3.05) is 4.90 Å². The fourth-order valence-corrected chi connectivity index (χ4v) is 5.68. The molecule has 0 aromatic heterocycles. The molecule has 2 saturated heterocycles. The Morgan fingerprint density at radius 3 is 2.36 bits per heavy atom. The molecule has 2 amide bonds. The zero-order chi connectivity index (χ0) is 25.1. The zero-order valence-corrected chi connectivity index (χ0v) is 19.1. The smallest absolute Gasteiger partial charge is 0.269 e. The highest BCUT2D eigenvalue weighted by Gasteiger charge is 2.65. The van der Waals surface area contributed by atoms with Gasteiger partial charge in [0.25, 0.3) is 5.69 Å². The summed E-state index contributed by atoms with van der Waals surface area (Å²) in [5.74, 6) is -3.00. The number of rotatable bonds is 4. The quantitative estimate of drug-likeness (QED) is 0.244. The number of carbonyl (C=O) groups excluding carboxylic acids is 3. The summed E-state index contributed by atoms with van der Waals surface area (Å²) in [6, 6.07) is 18.7. The second-order valence-electron chi connectivity index (χ2n) is 9.16. The minimum absolute atomic E-state index is 0.130. The summed E-state index contributed by atoms with van der Waals surface area (Å²) in [6.45, 7) is 1.62. The Balaban J connectivity index is 1.49. The van der Waals surface area contributed by atoms with Crippen molar-refractivity contribution >= 4 is 35.2 Å². The topological polar surface area (TPSA) is 113 Å². The van der Waals surface area contributed by atoms with E-state index < -0.39 is 40.7 Å². The van der Waals surface area contributed by atoms with Crippen molar-refractivity contribution in [2.45, 2.75) is 19.0 Å². The highest BCUT2D eigenvalue weighted by molar-refractivity contribution is 6.25. The van der Waals surface area contributed by atoms with Gasteiger partial charge in [-0.2, -0.15) is 5.10 Å². The van der Waals surface area contributed by atoms with E-state index in [-0.39, 0.29) is 17.2 Å². The molecule has 3 aliphatic rings. The first-order chi connectivity index (χ1) is 17.4. The molecule has 0 spiro atoms. The van der Waals surface area contributed by atoms with Crippen LogP contribution in [0.25, 0.3) is 0 Å². The highest BCUT2D eigenvalue weighted by Crippen LogP contribution is 2.53. The lowest BCUT2D eigenvalue weighted by Crippen LogP contribution is -2.44. The summed E-state index contributed by atoms with van der Waals surface area (Å²) in [7, 11) is 0. The van der Waals surface area contributed by atoms with Crippen LogP contribution in [0, 0.1) is 28.9 Å². The first kappa shape index (κ1) is 21.8. The van der Waals surface area contributed by atoms with E-state index in [1.807, 2.05) is 24.3 Å². The van der Waals surface area contributed by atoms with E-state index >= 15 is 0 Å². The van der Waals surface area contributed by atoms with E-state index in [2.05, 4.69) is 5.10 Å². The molecule has 9 heteroatoms. The molecular formula is C27H20N4O5. The normalized spacial score (nSPS) is 23.9. The van der Waals surface area contributed by atoms with Crippen molar-refractivity contribution in [1.29, 1.82) is 0 Å². The van der Waals surface area contributed by atoms with E-state index in [4.69, 9.17) is 0 Å². The lowest BCUT2D eigenvalue weighted by atomic mass is 9.83. The van der Waals surface area contributed by atoms with Gasteiger partial charge in [-0.15, -0.1) is 0 Å². The molecule has 3 aliphatic heterocycles. The molecule has 3 aromatic rings. The maximum atomic E-state index is 13.9. The van der Waals surface area contributed by atoms with Crippen LogP contribution in [0.1, 0.15) is 33.1 Å². The molecule has 0 aliphatic carbocycles. The maximum absolute atomic E-state index is 13.9. The minimum atomic E-state index is -0.966. The summed E-state index contributed by atoms with van der Waals surface area (Å²) in [5, 5.41) is 17.4. The molecule has 0 unspecified atom stereocenters. The van der Waals surface area contributed by atoms with Crippen molar-refractivity contribution in [3.63, 3.8) is 0 Å². The number of nitro groups is 1. The average Bonchev–Trinajstić information content (AvgIpc) is 3.36. The number of hydrogen-bond acceptors (Lipinski definition) is 7. The van der Waals surface area contributed by atoms with Crippen LogP contribution in [0.5, 0.6) is 0 Å². The number of nitro benzene ring substituents is 1. The van der Waals surface area contributed by atoms with Crippen LogP contribution in [0.2, 0.25) is 0 Å². The molecular weight excluding hydrogens is 460 g/mol. The van der Waals surface area contributed by atoms with E-state index in [0.29, 0.717) is 11.1 Å². The number of ketones is 1. The average molecular weight is 480 g/mol. The van der Waals surface area contributed by atoms with Gasteiger partial charge >= 0.3 is 0 Å². The Morgan fingerprint density at radius 2 is 1.64 bits per heavy atom. The monoisotopic (exact) mass is 480 g/mol. The second kappa shape index (κ2) is 7.94. The van der Waals surface area contributed by atoms with Gasteiger partial charge in [0.1, 0.15) is 6.04 Å². The molecule has 4 atom stereocenters. The molecule has 2 fully saturated rings. The summed E-state index contributed by atoms with van der Waals surface area (Å²) in [5.41, 5.74) is 2.67. The van der Waals surface area contributed by atoms with E-state index in [1.165, 1.54) is 18.2 Å². The molecule has 36 heavy (non-hydrogen) atoms. The van der Waals surface area contributed by atoms with Gasteiger partial charge in [0.15, 0.2) is 5.78 Å². The van der Waals surface area contributed by atoms with Gasteiger partial charge in [0.05, 0.1) is 34.7 Å². The molecule has 9 nitrogen and oxygen atoms in total. The van der Waals surface area contributed by atoms with Crippen molar-refractivity contribution < 1.29 is 19.3 Å². The molecule has 6 rings (SSSR count). The number of hydrazone groups is 1. The first-order valence-electron chi connectivity index (χ1n) is 11.5. The summed E-state index contributed by atoms with van der Waals surface area (Å²) >= 11 is 0. The van der Waals surface area contributed by atoms with Gasteiger partial charge in [-0.3, -0.25) is 29.5 Å². The van der Waals surface area contributed by atoms with Gasteiger partial charge in [0.2, 0.25) is 11.8 Å². The van der Waals surface area contributed by atoms with E-state index in [0.717, 1.165) is 16.0 Å². The Labute approximate surface area is 205 Å². The number of amides is 2. The first-order valence-corrected chi connectivity index (χ1v) is 11.5. The Kier molecular flexibility index (Phi) is 4.82. The lowest BCUT2D eigenvalue weighted by molar-refractivity contribution is -0.384. The zero-order valence-electron chi connectivity index (χ0n) is 19.1. The number of fused-ring (bicyclic) bond motifs is 5. The summed E-state index contributed by atoms with van der Waals surface area (Å²) in [4.78, 5) is 53.4. The number of nitrogens with zero attached hydrogens (tertiary/aromatic N) is 4. The lowest BCUT2D eigenvalue weighted by Gasteiger charge is -2.34. The minimum Gasteiger partial charge on any atom is -0.292 e. The predicted molar refractivity (Wildman–Crippen MR) is 130 cm³/mol. The van der Waals surface area contributed by atoms with Gasteiger partial charge in [-0.05, 0) is 29.7 Å². The Morgan fingerprint density at radius 1 is 0.944 bits per heavy atom. The Bertz CT molecular complexity index is 1480. The summed E-state index contributed by atoms with van der Waals surface area (Å²) in [6.07, 6.45) is 1.66. The fraction of sp³-hybridized carbons (Fsp3) is 0.185. The SMILES string of the molecule is Cc1cc([N+](=O)[O-])ccc1N1C(=O)[C@@H]2[C@@H](C1=O)[C@H]1c3ccccc3C=NN1[C@@H]2C(=O)c1ccccc1. The third-order valence-corrected chi connectivity index (χ3v) is 7.25. The number of anilines is 1. The molecule has 0 N–H and O–H groups in total. The molecule has 0 bridgehead atoms. The van der Waals surface area contributed by atoms with E-state index in [9.17, 15) is 24.5 Å². The van der Waals surface area contributed by atoms with Crippen LogP contribution >= 0.6 is 0 Å². The maximum Gasteiger partial charge on any atom is 0.269 e. The van der Waals surface area contributed by atoms with E-state index in [1.54, 1.807) is 48.5 Å². The van der Waals surface area contributed by atoms with Crippen molar-refractivity contribution in [2.24, 2.45) is 16.9 Å². The van der Waals surface area contributed by atoms with Gasteiger partial charge < -0.3 is 0 Å². The van der Waals surface area contributed by atoms with Crippen molar-refractivity contribution in [3.8, 4) is 0 Å². The third-order valence-electron chi connectivity index (χ3n) is 7.25. The number of Topliss-reactive ketones (excluding diaryl/α,β-unsaturated/α-hetero) is 1.